The van der Waals surface area contributed by atoms with Gasteiger partial charge in [0.05, 0.1) is 6.61 Å². The zero-order valence-electron chi connectivity index (χ0n) is 12.9. The molecule has 7 heteroatoms. The third-order valence-corrected chi connectivity index (χ3v) is 4.33. The Balaban J connectivity index is 1.53. The van der Waals surface area contributed by atoms with Crippen molar-refractivity contribution in [1.82, 2.24) is 16.2 Å². The Hall–Kier alpha value is -1.34. The molecule has 1 fully saturated rings. The van der Waals surface area contributed by atoms with Gasteiger partial charge in [0.1, 0.15) is 5.75 Å². The summed E-state index contributed by atoms with van der Waals surface area (Å²) in [5.41, 5.74) is 5.36. The van der Waals surface area contributed by atoms with E-state index in [9.17, 15) is 4.79 Å². The molecule has 2 rings (SSSR count). The van der Waals surface area contributed by atoms with E-state index in [1.165, 1.54) is 12.8 Å². The van der Waals surface area contributed by atoms with E-state index in [1.807, 2.05) is 24.3 Å². The van der Waals surface area contributed by atoms with E-state index in [4.69, 9.17) is 17.0 Å². The zero-order valence-corrected chi connectivity index (χ0v) is 15.3. The van der Waals surface area contributed by atoms with Crippen molar-refractivity contribution in [3.63, 3.8) is 0 Å². The van der Waals surface area contributed by atoms with Crippen LogP contribution in [0.15, 0.2) is 28.7 Å². The van der Waals surface area contributed by atoms with Gasteiger partial charge in [-0.05, 0) is 49.7 Å². The highest BCUT2D eigenvalue weighted by atomic mass is 79.9. The molecule has 1 amide bonds. The third kappa shape index (κ3) is 7.18. The molecule has 1 aromatic carbocycles. The summed E-state index contributed by atoms with van der Waals surface area (Å²) in [7, 11) is 0. The van der Waals surface area contributed by atoms with E-state index in [-0.39, 0.29) is 5.91 Å². The highest BCUT2D eigenvalue weighted by Gasteiger charge is 2.15. The van der Waals surface area contributed by atoms with Crippen LogP contribution in [0.4, 0.5) is 0 Å². The van der Waals surface area contributed by atoms with Gasteiger partial charge in [0.25, 0.3) is 0 Å². The fraction of sp³-hybridized carbons (Fsp3) is 0.500. The first kappa shape index (κ1) is 18.0. The number of thiocarbonyl (C=S) groups is 1. The molecule has 1 aliphatic rings. The largest absolute Gasteiger partial charge is 0.494 e. The second kappa shape index (κ2) is 9.72. The molecule has 1 aromatic rings. The molecule has 0 unspecified atom stereocenters. The summed E-state index contributed by atoms with van der Waals surface area (Å²) in [5.74, 6) is 0.693. The first-order valence-electron chi connectivity index (χ1n) is 7.87. The molecule has 0 heterocycles. The Kier molecular flexibility index (Phi) is 7.61. The van der Waals surface area contributed by atoms with Crippen molar-refractivity contribution >= 4 is 39.2 Å². The van der Waals surface area contributed by atoms with Crippen molar-refractivity contribution < 1.29 is 9.53 Å². The summed E-state index contributed by atoms with van der Waals surface area (Å²) in [6, 6.07) is 8.07. The lowest BCUT2D eigenvalue weighted by molar-refractivity contribution is -0.121. The monoisotopic (exact) mass is 399 g/mol. The lowest BCUT2D eigenvalue weighted by Crippen LogP contribution is -2.49. The maximum atomic E-state index is 11.7. The highest BCUT2D eigenvalue weighted by molar-refractivity contribution is 9.10. The Labute approximate surface area is 150 Å². The maximum absolute atomic E-state index is 11.7. The van der Waals surface area contributed by atoms with Crippen molar-refractivity contribution in [3.05, 3.63) is 28.7 Å². The van der Waals surface area contributed by atoms with E-state index >= 15 is 0 Å². The van der Waals surface area contributed by atoms with Crippen molar-refractivity contribution in [1.29, 1.82) is 0 Å². The summed E-state index contributed by atoms with van der Waals surface area (Å²) >= 11 is 8.54. The van der Waals surface area contributed by atoms with Gasteiger partial charge < -0.3 is 10.1 Å². The fourth-order valence-corrected chi connectivity index (χ4v) is 3.06. The van der Waals surface area contributed by atoms with Crippen molar-refractivity contribution in [2.24, 2.45) is 0 Å². The summed E-state index contributed by atoms with van der Waals surface area (Å²) in [4.78, 5) is 11.7. The number of benzene rings is 1. The lowest BCUT2D eigenvalue weighted by atomic mass is 10.3. The van der Waals surface area contributed by atoms with E-state index in [2.05, 4.69) is 32.1 Å². The van der Waals surface area contributed by atoms with Gasteiger partial charge in [-0.25, -0.2) is 0 Å². The minimum absolute atomic E-state index is 0.0987. The van der Waals surface area contributed by atoms with Crippen LogP contribution in [0.2, 0.25) is 0 Å². The molecule has 0 spiro atoms. The van der Waals surface area contributed by atoms with Gasteiger partial charge in [-0.1, -0.05) is 34.8 Å². The molecule has 0 bridgehead atoms. The summed E-state index contributed by atoms with van der Waals surface area (Å²) in [5, 5.41) is 3.69. The molecule has 5 nitrogen and oxygen atoms in total. The Bertz CT molecular complexity index is 536. The second-order valence-corrected chi connectivity index (χ2v) is 6.86. The van der Waals surface area contributed by atoms with Crippen LogP contribution in [0.5, 0.6) is 5.75 Å². The van der Waals surface area contributed by atoms with Gasteiger partial charge in [-0.3, -0.25) is 15.6 Å². The number of hydrogen-bond donors (Lipinski definition) is 3. The average Bonchev–Trinajstić information content (AvgIpc) is 3.02. The number of rotatable bonds is 6. The minimum Gasteiger partial charge on any atom is -0.494 e. The SMILES string of the molecule is O=C(CCCOc1cccc(Br)c1)NNC(=S)NC1CCCC1. The van der Waals surface area contributed by atoms with Gasteiger partial charge in [0.2, 0.25) is 5.91 Å². The van der Waals surface area contributed by atoms with E-state index in [0.29, 0.717) is 30.6 Å². The van der Waals surface area contributed by atoms with Crippen LogP contribution < -0.4 is 20.9 Å². The van der Waals surface area contributed by atoms with E-state index < -0.39 is 0 Å². The standard InChI is InChI=1S/C16H22BrN3O2S/c17-12-5-3-8-14(11-12)22-10-4-9-15(21)19-20-16(23)18-13-6-1-2-7-13/h3,5,8,11,13H,1-2,4,6-7,9-10H2,(H,19,21)(H2,18,20,23). The Morgan fingerprint density at radius 2 is 2.09 bits per heavy atom. The number of hydrazine groups is 1. The molecule has 1 aliphatic carbocycles. The van der Waals surface area contributed by atoms with Crippen LogP contribution in [0.25, 0.3) is 0 Å². The van der Waals surface area contributed by atoms with Crippen LogP contribution in [0.1, 0.15) is 38.5 Å². The fourth-order valence-electron chi connectivity index (χ4n) is 2.46. The molecule has 0 saturated heterocycles. The molecule has 3 N–H and O–H groups in total. The van der Waals surface area contributed by atoms with Gasteiger partial charge in [-0.2, -0.15) is 0 Å². The number of carbonyl (C=O) groups excluding carboxylic acids is 1. The number of hydrogen-bond acceptors (Lipinski definition) is 3. The van der Waals surface area contributed by atoms with Crippen molar-refractivity contribution in [3.8, 4) is 5.75 Å². The van der Waals surface area contributed by atoms with Gasteiger partial charge in [-0.15, -0.1) is 0 Å². The predicted molar refractivity (Wildman–Crippen MR) is 98.1 cm³/mol. The molecule has 0 aliphatic heterocycles. The Morgan fingerprint density at radius 3 is 2.83 bits per heavy atom. The van der Waals surface area contributed by atoms with Crippen LogP contribution in [0.3, 0.4) is 0 Å². The number of ether oxygens (including phenoxy) is 1. The molecular weight excluding hydrogens is 378 g/mol. The lowest BCUT2D eigenvalue weighted by Gasteiger charge is -2.16. The third-order valence-electron chi connectivity index (χ3n) is 3.62. The number of nitrogens with one attached hydrogen (secondary N) is 3. The highest BCUT2D eigenvalue weighted by Crippen LogP contribution is 2.18. The first-order chi connectivity index (χ1) is 11.1. The van der Waals surface area contributed by atoms with Crippen LogP contribution in [-0.2, 0) is 4.79 Å². The number of carbonyl (C=O) groups is 1. The summed E-state index contributed by atoms with van der Waals surface area (Å²) in [6.07, 6.45) is 5.79. The van der Waals surface area contributed by atoms with Gasteiger partial charge in [0.15, 0.2) is 5.11 Å². The molecular formula is C16H22BrN3O2S. The van der Waals surface area contributed by atoms with Crippen molar-refractivity contribution in [2.45, 2.75) is 44.6 Å². The normalized spacial score (nSPS) is 14.3. The first-order valence-corrected chi connectivity index (χ1v) is 9.07. The van der Waals surface area contributed by atoms with Crippen LogP contribution in [-0.4, -0.2) is 23.7 Å². The molecule has 0 atom stereocenters. The molecule has 1 saturated carbocycles. The van der Waals surface area contributed by atoms with Crippen LogP contribution >= 0.6 is 28.1 Å². The topological polar surface area (TPSA) is 62.4 Å². The molecule has 126 valence electrons. The van der Waals surface area contributed by atoms with Gasteiger partial charge >= 0.3 is 0 Å². The molecule has 0 radical (unpaired) electrons. The average molecular weight is 400 g/mol. The quantitative estimate of drug-likeness (QED) is 0.389. The van der Waals surface area contributed by atoms with Crippen molar-refractivity contribution in [2.75, 3.05) is 6.61 Å². The Morgan fingerprint density at radius 1 is 1.30 bits per heavy atom. The minimum atomic E-state index is -0.0987. The zero-order chi connectivity index (χ0) is 16.5. The summed E-state index contributed by atoms with van der Waals surface area (Å²) < 4.78 is 6.56. The maximum Gasteiger partial charge on any atom is 0.238 e. The smallest absolute Gasteiger partial charge is 0.238 e. The molecule has 0 aromatic heterocycles. The second-order valence-electron chi connectivity index (χ2n) is 5.54. The van der Waals surface area contributed by atoms with Gasteiger partial charge in [0, 0.05) is 16.9 Å². The van der Waals surface area contributed by atoms with E-state index in [0.717, 1.165) is 23.1 Å². The molecule has 23 heavy (non-hydrogen) atoms. The number of halogens is 1. The summed E-state index contributed by atoms with van der Waals surface area (Å²) in [6.45, 7) is 0.495. The van der Waals surface area contributed by atoms with E-state index in [1.54, 1.807) is 0 Å². The van der Waals surface area contributed by atoms with Crippen LogP contribution in [0, 0.1) is 0 Å². The predicted octanol–water partition coefficient (Wildman–Crippen LogP) is 3.05. The number of amides is 1.